The van der Waals surface area contributed by atoms with E-state index in [1.54, 1.807) is 53.4 Å². The molecule has 1 saturated heterocycles. The van der Waals surface area contributed by atoms with Crippen LogP contribution in [0.25, 0.3) is 10.9 Å². The van der Waals surface area contributed by atoms with Crippen LogP contribution in [0.1, 0.15) is 40.5 Å². The van der Waals surface area contributed by atoms with E-state index < -0.39 is 11.5 Å². The Kier molecular flexibility index (Phi) is 7.04. The largest absolute Gasteiger partial charge is 0.494 e. The summed E-state index contributed by atoms with van der Waals surface area (Å²) in [5.41, 5.74) is 1.19. The van der Waals surface area contributed by atoms with Gasteiger partial charge in [-0.3, -0.25) is 14.4 Å². The molecule has 2 amide bonds. The van der Waals surface area contributed by atoms with Crippen LogP contribution in [0, 0.1) is 0 Å². The van der Waals surface area contributed by atoms with Crippen molar-refractivity contribution in [3.63, 3.8) is 0 Å². The fourth-order valence-corrected chi connectivity index (χ4v) is 3.69. The summed E-state index contributed by atoms with van der Waals surface area (Å²) >= 11 is 0. The number of aromatic amines is 1. The van der Waals surface area contributed by atoms with Crippen LogP contribution < -0.4 is 15.6 Å². The molecule has 1 fully saturated rings. The van der Waals surface area contributed by atoms with Crippen molar-refractivity contribution in [2.45, 2.75) is 19.8 Å². The van der Waals surface area contributed by atoms with Gasteiger partial charge in [-0.2, -0.15) is 0 Å². The van der Waals surface area contributed by atoms with Crippen LogP contribution in [0.5, 0.6) is 5.75 Å². The van der Waals surface area contributed by atoms with Gasteiger partial charge in [-0.15, -0.1) is 0 Å². The van der Waals surface area contributed by atoms with Crippen molar-refractivity contribution in [3.05, 3.63) is 70.0 Å². The molecule has 2 N–H and O–H groups in total. The molecule has 172 valence electrons. The average Bonchev–Trinajstić information content (AvgIpc) is 3.12. The molecule has 1 aromatic heterocycles. The maximum absolute atomic E-state index is 12.8. The van der Waals surface area contributed by atoms with Gasteiger partial charge in [-0.25, -0.2) is 0 Å². The summed E-state index contributed by atoms with van der Waals surface area (Å²) in [5.74, 6) is 0.0891. The van der Waals surface area contributed by atoms with E-state index >= 15 is 0 Å². The van der Waals surface area contributed by atoms with E-state index in [0.29, 0.717) is 60.8 Å². The van der Waals surface area contributed by atoms with Crippen LogP contribution in [0.2, 0.25) is 0 Å². The van der Waals surface area contributed by atoms with E-state index in [1.807, 2.05) is 6.92 Å². The second-order valence-electron chi connectivity index (χ2n) is 7.90. The lowest BCUT2D eigenvalue weighted by atomic mass is 10.1. The molecule has 1 aliphatic heterocycles. The van der Waals surface area contributed by atoms with E-state index in [1.165, 1.54) is 0 Å². The van der Waals surface area contributed by atoms with Crippen molar-refractivity contribution < 1.29 is 19.1 Å². The van der Waals surface area contributed by atoms with Gasteiger partial charge in [-0.1, -0.05) is 6.92 Å². The lowest BCUT2D eigenvalue weighted by Crippen LogP contribution is -2.33. The number of rotatable bonds is 6. The number of anilines is 1. The van der Waals surface area contributed by atoms with E-state index in [0.717, 1.165) is 12.8 Å². The molecule has 33 heavy (non-hydrogen) atoms. The molecule has 0 unspecified atom stereocenters. The molecule has 0 aliphatic carbocycles. The number of hydrogen-bond acceptors (Lipinski definition) is 5. The van der Waals surface area contributed by atoms with Crippen LogP contribution in [-0.2, 0) is 4.74 Å². The molecule has 0 radical (unpaired) electrons. The Balaban J connectivity index is 1.48. The Bertz CT molecular complexity index is 1190. The van der Waals surface area contributed by atoms with E-state index in [9.17, 15) is 14.4 Å². The molecule has 1 aliphatic rings. The van der Waals surface area contributed by atoms with Gasteiger partial charge in [0, 0.05) is 41.9 Å². The van der Waals surface area contributed by atoms with Crippen molar-refractivity contribution in [1.82, 2.24) is 9.88 Å². The summed E-state index contributed by atoms with van der Waals surface area (Å²) in [6.45, 7) is 5.03. The third kappa shape index (κ3) is 5.40. The van der Waals surface area contributed by atoms with Gasteiger partial charge in [0.1, 0.15) is 11.3 Å². The van der Waals surface area contributed by atoms with Crippen molar-refractivity contribution in [2.75, 3.05) is 38.2 Å². The van der Waals surface area contributed by atoms with Gasteiger partial charge in [0.15, 0.2) is 0 Å². The number of amides is 2. The Labute approximate surface area is 191 Å². The summed E-state index contributed by atoms with van der Waals surface area (Å²) in [7, 11) is 0. The van der Waals surface area contributed by atoms with Crippen molar-refractivity contribution in [2.24, 2.45) is 0 Å². The predicted octanol–water partition coefficient (Wildman–Crippen LogP) is 3.43. The highest BCUT2D eigenvalue weighted by molar-refractivity contribution is 6.06. The number of aromatic nitrogens is 1. The average molecular weight is 450 g/mol. The van der Waals surface area contributed by atoms with Crippen LogP contribution in [0.15, 0.2) is 53.3 Å². The van der Waals surface area contributed by atoms with Crippen LogP contribution in [0.4, 0.5) is 5.69 Å². The smallest absolute Gasteiger partial charge is 0.261 e. The first kappa shape index (κ1) is 22.5. The number of fused-ring (bicyclic) bond motifs is 1. The summed E-state index contributed by atoms with van der Waals surface area (Å²) in [5, 5.41) is 3.44. The first-order valence-electron chi connectivity index (χ1n) is 11.1. The van der Waals surface area contributed by atoms with Gasteiger partial charge in [0.05, 0.1) is 13.2 Å². The highest BCUT2D eigenvalue weighted by atomic mass is 16.5. The molecule has 8 nitrogen and oxygen atoms in total. The first-order chi connectivity index (χ1) is 16.0. The molecular weight excluding hydrogens is 422 g/mol. The van der Waals surface area contributed by atoms with Crippen molar-refractivity contribution >= 4 is 28.4 Å². The predicted molar refractivity (Wildman–Crippen MR) is 126 cm³/mol. The fraction of sp³-hybridized carbons (Fsp3) is 0.320. The Morgan fingerprint density at radius 1 is 1.09 bits per heavy atom. The highest BCUT2D eigenvalue weighted by Gasteiger charge is 2.18. The maximum atomic E-state index is 12.8. The van der Waals surface area contributed by atoms with Gasteiger partial charge in [-0.05, 0) is 61.4 Å². The third-order valence-corrected chi connectivity index (χ3v) is 5.43. The van der Waals surface area contributed by atoms with Crippen molar-refractivity contribution in [1.29, 1.82) is 0 Å². The summed E-state index contributed by atoms with van der Waals surface area (Å²) < 4.78 is 11.0. The minimum Gasteiger partial charge on any atom is -0.494 e. The Hall–Kier alpha value is -3.65. The quantitative estimate of drug-likeness (QED) is 0.601. The van der Waals surface area contributed by atoms with Crippen LogP contribution in [0.3, 0.4) is 0 Å². The number of hydrogen-bond donors (Lipinski definition) is 2. The number of ether oxygens (including phenoxy) is 2. The van der Waals surface area contributed by atoms with Gasteiger partial charge in [0.2, 0.25) is 0 Å². The number of carbonyl (C=O) groups excluding carboxylic acids is 2. The zero-order valence-corrected chi connectivity index (χ0v) is 18.6. The second-order valence-corrected chi connectivity index (χ2v) is 7.90. The topological polar surface area (TPSA) is 101 Å². The summed E-state index contributed by atoms with van der Waals surface area (Å²) in [6.07, 6.45) is 1.69. The molecule has 0 bridgehead atoms. The first-order valence-corrected chi connectivity index (χ1v) is 11.1. The molecule has 0 atom stereocenters. The van der Waals surface area contributed by atoms with E-state index in [-0.39, 0.29) is 11.5 Å². The van der Waals surface area contributed by atoms with Crippen LogP contribution in [-0.4, -0.2) is 54.6 Å². The maximum Gasteiger partial charge on any atom is 0.261 e. The molecule has 2 heterocycles. The Morgan fingerprint density at radius 2 is 1.91 bits per heavy atom. The van der Waals surface area contributed by atoms with Crippen molar-refractivity contribution in [3.8, 4) is 5.75 Å². The van der Waals surface area contributed by atoms with Gasteiger partial charge in [0.25, 0.3) is 17.4 Å². The summed E-state index contributed by atoms with van der Waals surface area (Å²) in [4.78, 5) is 42.5. The summed E-state index contributed by atoms with van der Waals surface area (Å²) in [6, 6.07) is 13.6. The number of nitrogens with one attached hydrogen (secondary N) is 2. The molecule has 4 rings (SSSR count). The zero-order valence-electron chi connectivity index (χ0n) is 18.6. The standard InChI is InChI=1S/C25H27N3O5/c1-2-12-33-20-8-9-22-18(15-20)16-21(24(30)27-22)23(29)26-19-6-4-17(5-7-19)25(31)28-10-3-13-32-14-11-28/h4-9,15-16H,2-3,10-14H2,1H3,(H,26,29)(H,27,30). The normalized spacial score (nSPS) is 14.0. The van der Waals surface area contributed by atoms with E-state index in [2.05, 4.69) is 10.3 Å². The minimum absolute atomic E-state index is 0.000129. The highest BCUT2D eigenvalue weighted by Crippen LogP contribution is 2.20. The number of nitrogens with zero attached hydrogens (tertiary/aromatic N) is 1. The second kappa shape index (κ2) is 10.3. The molecule has 0 spiro atoms. The monoisotopic (exact) mass is 449 g/mol. The lowest BCUT2D eigenvalue weighted by molar-refractivity contribution is 0.0741. The number of benzene rings is 2. The molecule has 0 saturated carbocycles. The number of carbonyl (C=O) groups is 2. The van der Waals surface area contributed by atoms with Crippen LogP contribution >= 0.6 is 0 Å². The zero-order chi connectivity index (χ0) is 23.2. The molecule has 2 aromatic carbocycles. The fourth-order valence-electron chi connectivity index (χ4n) is 3.69. The molecule has 8 heteroatoms. The molecule has 3 aromatic rings. The SMILES string of the molecule is CCCOc1ccc2[nH]c(=O)c(C(=O)Nc3ccc(C(=O)N4CCCOCC4)cc3)cc2c1. The Morgan fingerprint density at radius 3 is 2.70 bits per heavy atom. The van der Waals surface area contributed by atoms with Gasteiger partial charge >= 0.3 is 0 Å². The number of H-pyrrole nitrogens is 1. The third-order valence-electron chi connectivity index (χ3n) is 5.43. The molecular formula is C25H27N3O5. The minimum atomic E-state index is -0.526. The van der Waals surface area contributed by atoms with E-state index in [4.69, 9.17) is 9.47 Å². The lowest BCUT2D eigenvalue weighted by Gasteiger charge is -2.19. The van der Waals surface area contributed by atoms with Gasteiger partial charge < -0.3 is 24.7 Å². The number of pyridine rings is 1.